The number of carbonyl (C=O) groups is 1. The van der Waals surface area contributed by atoms with Gasteiger partial charge < -0.3 is 14.4 Å². The molecular weight excluding hydrogens is 416 g/mol. The Morgan fingerprint density at radius 3 is 2.42 bits per heavy atom. The average molecular weight is 446 g/mol. The lowest BCUT2D eigenvalue weighted by molar-refractivity contribution is -0.858. The first-order valence-electron chi connectivity index (χ1n) is 10.3. The smallest absolute Gasteiger partial charge is 0.119 e. The van der Waals surface area contributed by atoms with Crippen molar-refractivity contribution < 1.29 is 14.4 Å². The molecule has 0 saturated carbocycles. The van der Waals surface area contributed by atoms with Gasteiger partial charge in [0, 0.05) is 31.0 Å². The Balaban J connectivity index is 0.00000166. The summed E-state index contributed by atoms with van der Waals surface area (Å²) in [5.74, 6) is 0. The summed E-state index contributed by atoms with van der Waals surface area (Å²) in [7, 11) is 4.17. The van der Waals surface area contributed by atoms with Crippen molar-refractivity contribution in [3.63, 3.8) is 0 Å². The van der Waals surface area contributed by atoms with Crippen LogP contribution in [0.15, 0.2) is 58.8 Å². The highest BCUT2D eigenvalue weighted by Crippen LogP contribution is 2.27. The van der Waals surface area contributed by atoms with Crippen LogP contribution in [0, 0.1) is 4.91 Å². The normalized spacial score (nSPS) is 14.1. The van der Waals surface area contributed by atoms with Gasteiger partial charge in [-0.2, -0.15) is 10.0 Å². The SMILES string of the molecule is C=O.C[NH+](C)CCOCCC(N=O)c1ccc(N2CCC(c3ccc(Cl)cc3)=N2)cc1. The van der Waals surface area contributed by atoms with E-state index in [1.165, 1.54) is 4.90 Å². The third kappa shape index (κ3) is 7.54. The molecule has 2 aromatic carbocycles. The highest BCUT2D eigenvalue weighted by Gasteiger charge is 2.18. The van der Waals surface area contributed by atoms with Gasteiger partial charge in [-0.15, -0.1) is 0 Å². The molecular formula is C23H30ClN4O3+. The monoisotopic (exact) mass is 445 g/mol. The summed E-state index contributed by atoms with van der Waals surface area (Å²) in [6, 6.07) is 15.3. The van der Waals surface area contributed by atoms with Crippen molar-refractivity contribution >= 4 is 29.8 Å². The second-order valence-corrected chi connectivity index (χ2v) is 7.93. The minimum Gasteiger partial charge on any atom is -0.376 e. The van der Waals surface area contributed by atoms with Crippen LogP contribution in [0.2, 0.25) is 5.02 Å². The number of benzene rings is 2. The Labute approximate surface area is 188 Å². The van der Waals surface area contributed by atoms with Gasteiger partial charge in [-0.25, -0.2) is 0 Å². The molecule has 0 spiro atoms. The zero-order valence-corrected chi connectivity index (χ0v) is 18.8. The number of carbonyl (C=O) groups excluding carboxylic acids is 1. The fourth-order valence-electron chi connectivity index (χ4n) is 3.21. The van der Waals surface area contributed by atoms with Crippen molar-refractivity contribution in [1.82, 2.24) is 0 Å². The van der Waals surface area contributed by atoms with Crippen LogP contribution in [0.4, 0.5) is 5.69 Å². The summed E-state index contributed by atoms with van der Waals surface area (Å²) in [5.41, 5.74) is 4.06. The van der Waals surface area contributed by atoms with E-state index in [-0.39, 0.29) is 6.04 Å². The number of likely N-dealkylation sites (N-methyl/N-ethyl adjacent to an activating group) is 1. The number of nitrogens with zero attached hydrogens (tertiary/aromatic N) is 3. The van der Waals surface area contributed by atoms with Gasteiger partial charge in [0.1, 0.15) is 19.4 Å². The lowest BCUT2D eigenvalue weighted by Crippen LogP contribution is -3.06. The van der Waals surface area contributed by atoms with E-state index in [4.69, 9.17) is 26.2 Å². The minimum atomic E-state index is -0.387. The molecule has 3 rings (SSSR count). The fraction of sp³-hybridized carbons (Fsp3) is 0.391. The van der Waals surface area contributed by atoms with Crippen LogP contribution >= 0.6 is 11.6 Å². The molecule has 0 fully saturated rings. The summed E-state index contributed by atoms with van der Waals surface area (Å²) in [6.45, 7) is 5.00. The van der Waals surface area contributed by atoms with Crippen LogP contribution < -0.4 is 9.91 Å². The maximum absolute atomic E-state index is 11.3. The molecule has 31 heavy (non-hydrogen) atoms. The molecule has 8 heteroatoms. The summed E-state index contributed by atoms with van der Waals surface area (Å²) < 4.78 is 5.61. The lowest BCUT2D eigenvalue weighted by atomic mass is 10.0. The first-order chi connectivity index (χ1) is 15.1. The molecule has 0 radical (unpaired) electrons. The zero-order chi connectivity index (χ0) is 22.6. The number of hydrazone groups is 1. The molecule has 2 aromatic rings. The summed E-state index contributed by atoms with van der Waals surface area (Å²) in [4.78, 5) is 20.6. The van der Waals surface area contributed by atoms with E-state index in [2.05, 4.69) is 19.3 Å². The van der Waals surface area contributed by atoms with Gasteiger partial charge in [0.05, 0.1) is 32.1 Å². The number of quaternary nitrogens is 1. The summed E-state index contributed by atoms with van der Waals surface area (Å²) in [6.07, 6.45) is 1.47. The third-order valence-electron chi connectivity index (χ3n) is 4.96. The molecule has 1 aliphatic heterocycles. The van der Waals surface area contributed by atoms with Crippen LogP contribution in [0.3, 0.4) is 0 Å². The predicted molar refractivity (Wildman–Crippen MR) is 125 cm³/mol. The van der Waals surface area contributed by atoms with Crippen molar-refractivity contribution in [3.05, 3.63) is 69.6 Å². The molecule has 0 aliphatic carbocycles. The second-order valence-electron chi connectivity index (χ2n) is 7.50. The number of anilines is 1. The molecule has 0 bridgehead atoms. The number of hydrogen-bond acceptors (Lipinski definition) is 6. The number of rotatable bonds is 10. The molecule has 1 heterocycles. The second kappa shape index (κ2) is 12.9. The lowest BCUT2D eigenvalue weighted by Gasteiger charge is -2.15. The van der Waals surface area contributed by atoms with Crippen molar-refractivity contribution in [2.24, 2.45) is 10.3 Å². The van der Waals surface area contributed by atoms with Crippen LogP contribution in [0.25, 0.3) is 0 Å². The molecule has 1 aliphatic rings. The van der Waals surface area contributed by atoms with Crippen LogP contribution in [0.5, 0.6) is 0 Å². The van der Waals surface area contributed by atoms with E-state index in [1.54, 1.807) is 0 Å². The Morgan fingerprint density at radius 2 is 1.81 bits per heavy atom. The van der Waals surface area contributed by atoms with E-state index in [1.807, 2.05) is 60.3 Å². The highest BCUT2D eigenvalue weighted by atomic mass is 35.5. The van der Waals surface area contributed by atoms with Crippen LogP contribution in [-0.2, 0) is 9.53 Å². The number of halogens is 1. The first kappa shape index (κ1) is 24.7. The summed E-state index contributed by atoms with van der Waals surface area (Å²) >= 11 is 5.97. The Kier molecular flexibility index (Phi) is 10.3. The van der Waals surface area contributed by atoms with Crippen molar-refractivity contribution in [2.45, 2.75) is 18.9 Å². The Hall–Kier alpha value is -2.61. The van der Waals surface area contributed by atoms with Crippen LogP contribution in [-0.4, -0.2) is 52.9 Å². The largest absolute Gasteiger partial charge is 0.376 e. The maximum Gasteiger partial charge on any atom is 0.119 e. The molecule has 1 unspecified atom stereocenters. The van der Waals surface area contributed by atoms with E-state index in [0.717, 1.165) is 47.1 Å². The van der Waals surface area contributed by atoms with Crippen molar-refractivity contribution in [1.29, 1.82) is 0 Å². The van der Waals surface area contributed by atoms with Crippen molar-refractivity contribution in [3.8, 4) is 0 Å². The van der Waals surface area contributed by atoms with Gasteiger partial charge >= 0.3 is 0 Å². The highest BCUT2D eigenvalue weighted by molar-refractivity contribution is 6.30. The van der Waals surface area contributed by atoms with E-state index >= 15 is 0 Å². The van der Waals surface area contributed by atoms with Gasteiger partial charge in [-0.05, 0) is 35.4 Å². The van der Waals surface area contributed by atoms with Gasteiger partial charge in [-0.3, -0.25) is 5.01 Å². The summed E-state index contributed by atoms with van der Waals surface area (Å²) in [5, 5.41) is 10.7. The van der Waals surface area contributed by atoms with Crippen LogP contribution in [0.1, 0.15) is 30.0 Å². The molecule has 166 valence electrons. The Bertz CT molecular complexity index is 841. The number of ether oxygens (including phenoxy) is 1. The quantitative estimate of drug-likeness (QED) is 0.450. The molecule has 0 amide bonds. The molecule has 1 atom stereocenters. The maximum atomic E-state index is 11.3. The van der Waals surface area contributed by atoms with E-state index in [9.17, 15) is 4.91 Å². The number of nitrogens with one attached hydrogen (secondary N) is 1. The number of nitroso groups, excluding NO2 is 1. The zero-order valence-electron chi connectivity index (χ0n) is 18.1. The predicted octanol–water partition coefficient (Wildman–Crippen LogP) is 3.13. The van der Waals surface area contributed by atoms with Crippen molar-refractivity contribution in [2.75, 3.05) is 45.4 Å². The fourth-order valence-corrected chi connectivity index (χ4v) is 3.34. The molecule has 0 saturated heterocycles. The standard InChI is InChI=1S/C22H27ClN4O2.CH2O/c1-26(2)14-16-29-15-12-22(25-28)18-5-9-20(10-6-18)27-13-11-21(24-27)17-3-7-19(23)8-4-17;1-2/h3-10,22H,11-16H2,1-2H3;1H2/p+1. The topological polar surface area (TPSA) is 75.8 Å². The van der Waals surface area contributed by atoms with Gasteiger partial charge in [0.25, 0.3) is 0 Å². The Morgan fingerprint density at radius 1 is 1.13 bits per heavy atom. The molecule has 7 nitrogen and oxygen atoms in total. The van der Waals surface area contributed by atoms with Gasteiger partial charge in [-0.1, -0.05) is 41.0 Å². The third-order valence-corrected chi connectivity index (χ3v) is 5.22. The first-order valence-corrected chi connectivity index (χ1v) is 10.6. The number of hydrogen-bond donors (Lipinski definition) is 1. The molecule has 1 N–H and O–H groups in total. The van der Waals surface area contributed by atoms with Gasteiger partial charge in [0.2, 0.25) is 0 Å². The van der Waals surface area contributed by atoms with Gasteiger partial charge in [0.15, 0.2) is 0 Å². The minimum absolute atomic E-state index is 0.387. The molecule has 0 aromatic heterocycles. The average Bonchev–Trinajstić information content (AvgIpc) is 3.28. The van der Waals surface area contributed by atoms with E-state index < -0.39 is 0 Å². The van der Waals surface area contributed by atoms with E-state index in [0.29, 0.717) is 19.6 Å².